The van der Waals surface area contributed by atoms with Gasteiger partial charge in [0.05, 0.1) is 28.4 Å². The van der Waals surface area contributed by atoms with Crippen molar-refractivity contribution in [1.82, 2.24) is 10.3 Å². The SMILES string of the molecule is CCN1C(=O)N(c2c(F)cc(NCCNC[C@@H](O)c3ccccc3)cc2F)c2cc(C#N)ccc2-c2cc(Cl)cnc21. The fraction of sp³-hybridized carbons (Fsp3) is 0.194. The highest BCUT2D eigenvalue weighted by molar-refractivity contribution is 6.31. The number of fused-ring (bicyclic) bond motifs is 3. The van der Waals surface area contributed by atoms with Gasteiger partial charge in [-0.25, -0.2) is 18.6 Å². The molecule has 0 unspecified atom stereocenters. The number of hydrogen-bond donors (Lipinski definition) is 3. The number of urea groups is 1. The maximum Gasteiger partial charge on any atom is 0.334 e. The number of anilines is 4. The molecule has 1 aliphatic heterocycles. The Balaban J connectivity index is 1.42. The molecule has 4 aromatic rings. The molecule has 1 aliphatic rings. The summed E-state index contributed by atoms with van der Waals surface area (Å²) in [6.45, 7) is 2.93. The summed E-state index contributed by atoms with van der Waals surface area (Å²) in [5, 5.41) is 26.2. The minimum Gasteiger partial charge on any atom is -0.387 e. The van der Waals surface area contributed by atoms with E-state index in [0.717, 1.165) is 22.6 Å². The summed E-state index contributed by atoms with van der Waals surface area (Å²) in [6, 6.07) is 18.9. The number of pyridine rings is 1. The van der Waals surface area contributed by atoms with Crippen molar-refractivity contribution >= 4 is 40.5 Å². The minimum absolute atomic E-state index is 0.125. The van der Waals surface area contributed by atoms with Gasteiger partial charge in [-0.3, -0.25) is 9.80 Å². The first-order valence-corrected chi connectivity index (χ1v) is 13.7. The van der Waals surface area contributed by atoms with Crippen LogP contribution in [0, 0.1) is 23.0 Å². The van der Waals surface area contributed by atoms with Crippen molar-refractivity contribution in [2.45, 2.75) is 13.0 Å². The molecule has 1 aromatic heterocycles. The van der Waals surface area contributed by atoms with Gasteiger partial charge in [-0.2, -0.15) is 5.26 Å². The predicted octanol–water partition coefficient (Wildman–Crippen LogP) is 6.38. The fourth-order valence-corrected chi connectivity index (χ4v) is 5.04. The lowest BCUT2D eigenvalue weighted by Crippen LogP contribution is -2.41. The van der Waals surface area contributed by atoms with Gasteiger partial charge in [0.1, 0.15) is 11.5 Å². The zero-order chi connectivity index (χ0) is 29.8. The number of carbonyl (C=O) groups is 1. The monoisotopic (exact) mass is 588 g/mol. The lowest BCUT2D eigenvalue weighted by atomic mass is 10.0. The van der Waals surface area contributed by atoms with Crippen molar-refractivity contribution in [2.24, 2.45) is 0 Å². The maximum absolute atomic E-state index is 15.7. The number of carbonyl (C=O) groups excluding carboxylic acids is 1. The average Bonchev–Trinajstić information content (AvgIpc) is 3.08. The molecule has 3 N–H and O–H groups in total. The summed E-state index contributed by atoms with van der Waals surface area (Å²) >= 11 is 6.23. The third-order valence-corrected chi connectivity index (χ3v) is 7.09. The molecular weight excluding hydrogens is 562 g/mol. The standard InChI is InChI=1S/C31H27ClF2N6O2/c1-2-39-30-24(13-21(32)17-38-30)23-9-8-19(16-35)12-27(23)40(31(39)42)29-25(33)14-22(15-26(29)34)37-11-10-36-18-28(41)20-6-4-3-5-7-20/h3-9,12-15,17,28,36-37,41H,2,10-11,18H2,1H3/t28-/m1/s1. The van der Waals surface area contributed by atoms with E-state index in [-0.39, 0.29) is 29.3 Å². The summed E-state index contributed by atoms with van der Waals surface area (Å²) < 4.78 is 31.5. The van der Waals surface area contributed by atoms with Crippen LogP contribution in [0.15, 0.2) is 72.9 Å². The molecule has 0 aliphatic carbocycles. The van der Waals surface area contributed by atoms with Gasteiger partial charge in [0.25, 0.3) is 0 Å². The second-order valence-electron chi connectivity index (χ2n) is 9.58. The summed E-state index contributed by atoms with van der Waals surface area (Å²) in [5.74, 6) is -1.66. The van der Waals surface area contributed by atoms with Gasteiger partial charge < -0.3 is 15.7 Å². The Hall–Kier alpha value is -4.56. The van der Waals surface area contributed by atoms with E-state index in [1.165, 1.54) is 17.2 Å². The third-order valence-electron chi connectivity index (χ3n) is 6.88. The molecule has 8 nitrogen and oxygen atoms in total. The molecule has 42 heavy (non-hydrogen) atoms. The van der Waals surface area contributed by atoms with Crippen LogP contribution in [0.3, 0.4) is 0 Å². The molecule has 5 rings (SSSR count). The van der Waals surface area contributed by atoms with E-state index in [0.29, 0.717) is 35.8 Å². The van der Waals surface area contributed by atoms with Crippen molar-refractivity contribution < 1.29 is 18.7 Å². The molecule has 1 atom stereocenters. The predicted molar refractivity (Wildman–Crippen MR) is 159 cm³/mol. The highest BCUT2D eigenvalue weighted by atomic mass is 35.5. The van der Waals surface area contributed by atoms with Crippen molar-refractivity contribution in [2.75, 3.05) is 41.3 Å². The zero-order valence-corrected chi connectivity index (χ0v) is 23.4. The van der Waals surface area contributed by atoms with E-state index in [9.17, 15) is 15.2 Å². The van der Waals surface area contributed by atoms with Gasteiger partial charge in [-0.1, -0.05) is 48.0 Å². The van der Waals surface area contributed by atoms with Crippen molar-refractivity contribution in [3.63, 3.8) is 0 Å². The second-order valence-corrected chi connectivity index (χ2v) is 10.0. The molecule has 0 radical (unpaired) electrons. The molecule has 2 amide bonds. The molecule has 214 valence electrons. The molecule has 3 aromatic carbocycles. The highest BCUT2D eigenvalue weighted by Crippen LogP contribution is 2.45. The summed E-state index contributed by atoms with van der Waals surface area (Å²) in [6.07, 6.45) is 0.713. The molecule has 2 heterocycles. The van der Waals surface area contributed by atoms with Gasteiger partial charge >= 0.3 is 6.03 Å². The minimum atomic E-state index is -0.973. The molecule has 0 bridgehead atoms. The molecule has 0 fully saturated rings. The molecule has 0 saturated heterocycles. The maximum atomic E-state index is 15.7. The Morgan fingerprint density at radius 1 is 1.05 bits per heavy atom. The number of nitriles is 1. The van der Waals surface area contributed by atoms with E-state index < -0.39 is 29.5 Å². The first-order chi connectivity index (χ1) is 20.3. The number of aliphatic hydroxyl groups is 1. The summed E-state index contributed by atoms with van der Waals surface area (Å²) in [7, 11) is 0. The first-order valence-electron chi connectivity index (χ1n) is 13.3. The summed E-state index contributed by atoms with van der Waals surface area (Å²) in [4.78, 5) is 20.5. The van der Waals surface area contributed by atoms with Crippen LogP contribution in [-0.4, -0.2) is 42.3 Å². The van der Waals surface area contributed by atoms with E-state index in [1.807, 2.05) is 36.4 Å². The Morgan fingerprint density at radius 2 is 1.79 bits per heavy atom. The number of amides is 2. The third kappa shape index (κ3) is 5.76. The van der Waals surface area contributed by atoms with Crippen LogP contribution in [-0.2, 0) is 0 Å². The second kappa shape index (κ2) is 12.5. The summed E-state index contributed by atoms with van der Waals surface area (Å²) in [5.41, 5.74) is 1.64. The Labute approximate surface area is 246 Å². The lowest BCUT2D eigenvalue weighted by Gasteiger charge is -2.28. The van der Waals surface area contributed by atoms with Crippen molar-refractivity contribution in [3.8, 4) is 17.2 Å². The van der Waals surface area contributed by atoms with E-state index in [4.69, 9.17) is 11.6 Å². The molecule has 0 spiro atoms. The van der Waals surface area contributed by atoms with Crippen LogP contribution < -0.4 is 20.4 Å². The highest BCUT2D eigenvalue weighted by Gasteiger charge is 2.36. The number of halogens is 3. The van der Waals surface area contributed by atoms with Gasteiger partial charge in [-0.15, -0.1) is 0 Å². The molecule has 0 saturated carbocycles. The molecule has 11 heteroatoms. The topological polar surface area (TPSA) is 105 Å². The van der Waals surface area contributed by atoms with E-state index >= 15 is 8.78 Å². The van der Waals surface area contributed by atoms with Crippen LogP contribution in [0.5, 0.6) is 0 Å². The van der Waals surface area contributed by atoms with Crippen LogP contribution in [0.1, 0.15) is 24.2 Å². The molecular formula is C31H27ClF2N6O2. The number of nitrogens with zero attached hydrogens (tertiary/aromatic N) is 4. The Morgan fingerprint density at radius 3 is 2.48 bits per heavy atom. The number of aliphatic hydroxyl groups excluding tert-OH is 1. The van der Waals surface area contributed by atoms with Crippen LogP contribution in [0.2, 0.25) is 5.02 Å². The number of rotatable bonds is 9. The van der Waals surface area contributed by atoms with Crippen LogP contribution in [0.4, 0.5) is 36.5 Å². The average molecular weight is 589 g/mol. The van der Waals surface area contributed by atoms with Crippen molar-refractivity contribution in [3.05, 3.63) is 101 Å². The van der Waals surface area contributed by atoms with Gasteiger partial charge in [0.15, 0.2) is 11.6 Å². The van der Waals surface area contributed by atoms with Gasteiger partial charge in [0, 0.05) is 49.2 Å². The first kappa shape index (κ1) is 29.0. The van der Waals surface area contributed by atoms with E-state index in [2.05, 4.69) is 15.6 Å². The smallest absolute Gasteiger partial charge is 0.334 e. The van der Waals surface area contributed by atoms with Crippen LogP contribution in [0.25, 0.3) is 11.1 Å². The Bertz CT molecular complexity index is 1640. The normalized spacial score (nSPS) is 13.2. The number of benzene rings is 3. The number of hydrogen-bond acceptors (Lipinski definition) is 6. The zero-order valence-electron chi connectivity index (χ0n) is 22.6. The fourth-order valence-electron chi connectivity index (χ4n) is 4.88. The van der Waals surface area contributed by atoms with Gasteiger partial charge in [-0.05, 0) is 42.8 Å². The quantitative estimate of drug-likeness (QED) is 0.196. The largest absolute Gasteiger partial charge is 0.387 e. The lowest BCUT2D eigenvalue weighted by molar-refractivity contribution is 0.175. The Kier molecular flexibility index (Phi) is 8.64. The van der Waals surface area contributed by atoms with E-state index in [1.54, 1.807) is 25.1 Å². The van der Waals surface area contributed by atoms with Crippen LogP contribution >= 0.6 is 11.6 Å². The van der Waals surface area contributed by atoms with Gasteiger partial charge in [0.2, 0.25) is 0 Å². The number of nitrogens with one attached hydrogen (secondary N) is 2. The number of aromatic nitrogens is 1. The van der Waals surface area contributed by atoms with Crippen molar-refractivity contribution in [1.29, 1.82) is 5.26 Å².